The molecule has 18 heavy (non-hydrogen) atoms. The Labute approximate surface area is 120 Å². The minimum Gasteiger partial charge on any atom is -0.387 e. The molecular weight excluding hydrogens is 269 g/mol. The Balaban J connectivity index is 0.00000162. The number of rotatable bonds is 2. The molecule has 2 N–H and O–H groups in total. The van der Waals surface area contributed by atoms with Gasteiger partial charge in [-0.1, -0.05) is 29.8 Å². The lowest BCUT2D eigenvalue weighted by Gasteiger charge is -2.39. The maximum absolute atomic E-state index is 10.4. The lowest BCUT2D eigenvalue weighted by molar-refractivity contribution is 0.0845. The molecule has 0 amide bonds. The number of aliphatic hydroxyl groups excluding tert-OH is 1. The zero-order valence-electron chi connectivity index (χ0n) is 10.8. The third-order valence-corrected chi connectivity index (χ3v) is 3.84. The second-order valence-corrected chi connectivity index (χ2v) is 5.90. The summed E-state index contributed by atoms with van der Waals surface area (Å²) in [5, 5.41) is 14.6. The third-order valence-electron chi connectivity index (χ3n) is 3.50. The van der Waals surface area contributed by atoms with Gasteiger partial charge in [-0.15, -0.1) is 12.4 Å². The molecule has 2 atom stereocenters. The van der Waals surface area contributed by atoms with E-state index in [0.29, 0.717) is 5.02 Å². The quantitative estimate of drug-likeness (QED) is 0.870. The minimum absolute atomic E-state index is 0. The molecule has 0 aromatic heterocycles. The van der Waals surface area contributed by atoms with Crippen molar-refractivity contribution in [2.75, 3.05) is 0 Å². The largest absolute Gasteiger partial charge is 0.387 e. The van der Waals surface area contributed by atoms with Crippen LogP contribution in [0.25, 0.3) is 0 Å². The molecule has 0 unspecified atom stereocenters. The van der Waals surface area contributed by atoms with E-state index in [9.17, 15) is 5.11 Å². The summed E-state index contributed by atoms with van der Waals surface area (Å²) in [4.78, 5) is 0. The smallest absolute Gasteiger partial charge is 0.0957 e. The fraction of sp³-hybridized carbons (Fsp3) is 0.571. The monoisotopic (exact) mass is 289 g/mol. The molecule has 0 saturated carbocycles. The van der Waals surface area contributed by atoms with Gasteiger partial charge in [0.25, 0.3) is 0 Å². The molecule has 0 spiro atoms. The zero-order chi connectivity index (χ0) is 12.5. The van der Waals surface area contributed by atoms with Crippen molar-refractivity contribution in [1.82, 2.24) is 5.32 Å². The van der Waals surface area contributed by atoms with Crippen LogP contribution in [0.4, 0.5) is 0 Å². The highest BCUT2D eigenvalue weighted by Crippen LogP contribution is 2.31. The van der Waals surface area contributed by atoms with Gasteiger partial charge in [-0.2, -0.15) is 0 Å². The van der Waals surface area contributed by atoms with Crippen molar-refractivity contribution in [2.24, 2.45) is 0 Å². The number of hydrogen-bond donors (Lipinski definition) is 2. The highest BCUT2D eigenvalue weighted by Gasteiger charge is 2.32. The summed E-state index contributed by atoms with van der Waals surface area (Å²) in [6, 6.07) is 7.62. The summed E-state index contributed by atoms with van der Waals surface area (Å²) < 4.78 is 0. The highest BCUT2D eigenvalue weighted by atomic mass is 35.5. The predicted molar refractivity (Wildman–Crippen MR) is 78.5 cm³/mol. The summed E-state index contributed by atoms with van der Waals surface area (Å²) in [7, 11) is 0. The van der Waals surface area contributed by atoms with E-state index in [1.165, 1.54) is 0 Å². The van der Waals surface area contributed by atoms with Crippen LogP contribution < -0.4 is 5.32 Å². The molecule has 1 fully saturated rings. The second-order valence-electron chi connectivity index (χ2n) is 5.49. The summed E-state index contributed by atoms with van der Waals surface area (Å²) in [6.45, 7) is 4.36. The van der Waals surface area contributed by atoms with Crippen molar-refractivity contribution in [1.29, 1.82) is 0 Å². The van der Waals surface area contributed by atoms with Crippen LogP contribution in [-0.2, 0) is 0 Å². The molecule has 2 nitrogen and oxygen atoms in total. The van der Waals surface area contributed by atoms with Crippen LogP contribution >= 0.6 is 24.0 Å². The Hall–Kier alpha value is -0.280. The Morgan fingerprint density at radius 1 is 1.39 bits per heavy atom. The molecule has 1 saturated heterocycles. The number of aliphatic hydroxyl groups is 1. The van der Waals surface area contributed by atoms with E-state index in [1.54, 1.807) is 0 Å². The van der Waals surface area contributed by atoms with Gasteiger partial charge in [-0.05, 0) is 39.2 Å². The van der Waals surface area contributed by atoms with Gasteiger partial charge in [0, 0.05) is 22.2 Å². The number of hydrogen-bond acceptors (Lipinski definition) is 2. The molecule has 1 aliphatic rings. The van der Waals surface area contributed by atoms with E-state index in [4.69, 9.17) is 11.6 Å². The first kappa shape index (κ1) is 15.8. The van der Waals surface area contributed by atoms with Crippen LogP contribution in [0.1, 0.15) is 44.8 Å². The van der Waals surface area contributed by atoms with Crippen LogP contribution in [-0.4, -0.2) is 16.7 Å². The topological polar surface area (TPSA) is 32.3 Å². The van der Waals surface area contributed by atoms with E-state index < -0.39 is 6.10 Å². The normalized spacial score (nSPS) is 24.1. The molecule has 1 aromatic carbocycles. The van der Waals surface area contributed by atoms with E-state index in [2.05, 4.69) is 19.2 Å². The van der Waals surface area contributed by atoms with Gasteiger partial charge < -0.3 is 10.4 Å². The van der Waals surface area contributed by atoms with Crippen molar-refractivity contribution < 1.29 is 5.11 Å². The Morgan fingerprint density at radius 2 is 2.06 bits per heavy atom. The molecule has 4 heteroatoms. The van der Waals surface area contributed by atoms with Gasteiger partial charge in [0.2, 0.25) is 0 Å². The highest BCUT2D eigenvalue weighted by molar-refractivity contribution is 6.31. The molecule has 102 valence electrons. The Kier molecular flexibility index (Phi) is 5.47. The van der Waals surface area contributed by atoms with Crippen LogP contribution in [0.15, 0.2) is 24.3 Å². The first-order valence-electron chi connectivity index (χ1n) is 6.20. The number of piperidine rings is 1. The average Bonchev–Trinajstić information content (AvgIpc) is 2.27. The van der Waals surface area contributed by atoms with Crippen molar-refractivity contribution in [3.8, 4) is 0 Å². The number of benzene rings is 1. The lowest BCUT2D eigenvalue weighted by Crippen LogP contribution is -2.51. The number of nitrogens with one attached hydrogen (secondary N) is 1. The average molecular weight is 290 g/mol. The second kappa shape index (κ2) is 6.25. The predicted octanol–water partition coefficient (Wildman–Crippen LogP) is 3.72. The molecule has 1 aromatic rings. The molecule has 0 bridgehead atoms. The maximum atomic E-state index is 10.4. The Morgan fingerprint density at radius 3 is 2.67 bits per heavy atom. The minimum atomic E-state index is -0.525. The van der Waals surface area contributed by atoms with Crippen LogP contribution in [0, 0.1) is 0 Å². The Bertz CT molecular complexity index is 395. The van der Waals surface area contributed by atoms with E-state index in [-0.39, 0.29) is 24.0 Å². The summed E-state index contributed by atoms with van der Waals surface area (Å²) in [5.41, 5.74) is 0.926. The van der Waals surface area contributed by atoms with Crippen LogP contribution in [0.5, 0.6) is 0 Å². The van der Waals surface area contributed by atoms with Gasteiger partial charge in [-0.25, -0.2) is 0 Å². The summed E-state index contributed by atoms with van der Waals surface area (Å²) in [5.74, 6) is 0. The van der Waals surface area contributed by atoms with Crippen molar-refractivity contribution in [3.63, 3.8) is 0 Å². The third kappa shape index (κ3) is 3.61. The van der Waals surface area contributed by atoms with E-state index in [1.807, 2.05) is 24.3 Å². The zero-order valence-corrected chi connectivity index (χ0v) is 12.4. The first-order chi connectivity index (χ1) is 7.99. The van der Waals surface area contributed by atoms with Gasteiger partial charge in [0.05, 0.1) is 6.10 Å². The van der Waals surface area contributed by atoms with Gasteiger partial charge in [0.15, 0.2) is 0 Å². The van der Waals surface area contributed by atoms with Gasteiger partial charge >= 0.3 is 0 Å². The molecule has 2 rings (SSSR count). The van der Waals surface area contributed by atoms with E-state index >= 15 is 0 Å². The summed E-state index contributed by atoms with van der Waals surface area (Å²) >= 11 is 6.12. The van der Waals surface area contributed by atoms with Crippen LogP contribution in [0.2, 0.25) is 5.02 Å². The fourth-order valence-electron chi connectivity index (χ4n) is 2.58. The molecule has 1 aliphatic heterocycles. The standard InChI is InChI=1S/C14H20ClNO.ClH/c1-14(2)9-5-8-12(16-14)13(17)10-6-3-4-7-11(10)15;/h3-4,6-7,12-13,16-17H,5,8-9H2,1-2H3;1H/t12-,13-;/m1./s1. The number of halogens is 2. The summed E-state index contributed by atoms with van der Waals surface area (Å²) in [6.07, 6.45) is 2.77. The van der Waals surface area contributed by atoms with Crippen molar-refractivity contribution in [3.05, 3.63) is 34.9 Å². The molecule has 0 radical (unpaired) electrons. The first-order valence-corrected chi connectivity index (χ1v) is 6.57. The SMILES string of the molecule is CC1(C)CCC[C@H]([C@H](O)c2ccccc2Cl)N1.Cl. The van der Waals surface area contributed by atoms with Crippen molar-refractivity contribution in [2.45, 2.75) is 50.8 Å². The molecule has 1 heterocycles. The fourth-order valence-corrected chi connectivity index (χ4v) is 2.83. The van der Waals surface area contributed by atoms with Crippen LogP contribution in [0.3, 0.4) is 0 Å². The maximum Gasteiger partial charge on any atom is 0.0957 e. The van der Waals surface area contributed by atoms with Gasteiger partial charge in [-0.3, -0.25) is 0 Å². The molecular formula is C14H21Cl2NO. The van der Waals surface area contributed by atoms with Crippen molar-refractivity contribution >= 4 is 24.0 Å². The lowest BCUT2D eigenvalue weighted by atomic mass is 9.85. The van der Waals surface area contributed by atoms with Gasteiger partial charge in [0.1, 0.15) is 0 Å². The molecule has 0 aliphatic carbocycles. The van der Waals surface area contributed by atoms with E-state index in [0.717, 1.165) is 24.8 Å².